The van der Waals surface area contributed by atoms with Gasteiger partial charge in [0.25, 0.3) is 0 Å². The third-order valence-corrected chi connectivity index (χ3v) is 4.90. The lowest BCUT2D eigenvalue weighted by molar-refractivity contribution is 0.270. The molecule has 0 spiro atoms. The first-order valence-corrected chi connectivity index (χ1v) is 8.25. The predicted octanol–water partition coefficient (Wildman–Crippen LogP) is 2.97. The summed E-state index contributed by atoms with van der Waals surface area (Å²) in [4.78, 5) is 8.66. The van der Waals surface area contributed by atoms with Gasteiger partial charge < -0.3 is 9.84 Å². The summed E-state index contributed by atoms with van der Waals surface area (Å²) in [5, 5.41) is 7.75. The molecule has 2 fully saturated rings. The van der Waals surface area contributed by atoms with Gasteiger partial charge in [0.2, 0.25) is 11.7 Å². The van der Waals surface area contributed by atoms with Crippen LogP contribution in [0.1, 0.15) is 31.6 Å². The molecular weight excluding hydrogens is 332 g/mol. The van der Waals surface area contributed by atoms with Crippen molar-refractivity contribution >= 4 is 15.9 Å². The molecule has 6 heteroatoms. The maximum Gasteiger partial charge on any atom is 0.227 e. The topological polar surface area (TPSA) is 63.8 Å². The van der Waals surface area contributed by atoms with Gasteiger partial charge in [-0.05, 0) is 53.6 Å². The summed E-state index contributed by atoms with van der Waals surface area (Å²) >= 11 is 3.41. The van der Waals surface area contributed by atoms with Gasteiger partial charge in [-0.1, -0.05) is 5.16 Å². The van der Waals surface area contributed by atoms with Crippen LogP contribution in [-0.2, 0) is 6.42 Å². The molecule has 0 aromatic carbocycles. The molecule has 21 heavy (non-hydrogen) atoms. The first-order chi connectivity index (χ1) is 10.3. The predicted molar refractivity (Wildman–Crippen MR) is 81.6 cm³/mol. The first kappa shape index (κ1) is 13.4. The van der Waals surface area contributed by atoms with Crippen molar-refractivity contribution in [1.29, 1.82) is 0 Å². The molecule has 2 aliphatic heterocycles. The van der Waals surface area contributed by atoms with E-state index in [1.807, 2.05) is 6.07 Å². The van der Waals surface area contributed by atoms with E-state index in [0.717, 1.165) is 22.3 Å². The largest absolute Gasteiger partial charge is 0.339 e. The highest BCUT2D eigenvalue weighted by Gasteiger charge is 2.34. The molecule has 2 bridgehead atoms. The van der Waals surface area contributed by atoms with Crippen LogP contribution in [0.4, 0.5) is 0 Å². The Morgan fingerprint density at radius 2 is 2.05 bits per heavy atom. The lowest BCUT2D eigenvalue weighted by atomic mass is 9.90. The van der Waals surface area contributed by atoms with Crippen LogP contribution >= 0.6 is 15.9 Å². The number of aromatic nitrogens is 3. The molecule has 1 N–H and O–H groups in total. The summed E-state index contributed by atoms with van der Waals surface area (Å²) in [5.41, 5.74) is 0.879. The van der Waals surface area contributed by atoms with Crippen LogP contribution in [0.15, 0.2) is 27.5 Å². The second-order valence-corrected chi connectivity index (χ2v) is 7.00. The Bertz CT molecular complexity index is 632. The minimum absolute atomic E-state index is 0.621. The third kappa shape index (κ3) is 2.87. The number of nitrogens with one attached hydrogen (secondary N) is 1. The van der Waals surface area contributed by atoms with Crippen molar-refractivity contribution < 1.29 is 4.52 Å². The van der Waals surface area contributed by atoms with Gasteiger partial charge in [0.1, 0.15) is 0 Å². The molecule has 2 aliphatic rings. The van der Waals surface area contributed by atoms with Crippen molar-refractivity contribution in [3.8, 4) is 11.4 Å². The lowest BCUT2D eigenvalue weighted by Crippen LogP contribution is -2.38. The standard InChI is InChI=1S/C15H17BrN4O/c16-11-6-10(7-17-8-11)15-19-14(21-20-15)5-9-3-12-1-2-13(4-9)18-12/h6-9,12-13,18H,1-5H2. The van der Waals surface area contributed by atoms with E-state index in [1.54, 1.807) is 12.4 Å². The van der Waals surface area contributed by atoms with Gasteiger partial charge in [-0.2, -0.15) is 4.98 Å². The highest BCUT2D eigenvalue weighted by molar-refractivity contribution is 9.10. The number of fused-ring (bicyclic) bond motifs is 2. The molecule has 110 valence electrons. The molecule has 4 heterocycles. The van der Waals surface area contributed by atoms with Crippen molar-refractivity contribution in [3.05, 3.63) is 28.8 Å². The average molecular weight is 349 g/mol. The van der Waals surface area contributed by atoms with Crippen molar-refractivity contribution in [2.24, 2.45) is 5.92 Å². The molecule has 2 unspecified atom stereocenters. The van der Waals surface area contributed by atoms with E-state index < -0.39 is 0 Å². The van der Waals surface area contributed by atoms with Crippen LogP contribution in [0.25, 0.3) is 11.4 Å². The normalized spacial score (nSPS) is 28.0. The third-order valence-electron chi connectivity index (χ3n) is 4.47. The summed E-state index contributed by atoms with van der Waals surface area (Å²) in [5.74, 6) is 2.03. The van der Waals surface area contributed by atoms with Gasteiger partial charge in [-0.3, -0.25) is 4.98 Å². The lowest BCUT2D eigenvalue weighted by Gasteiger charge is -2.27. The first-order valence-electron chi connectivity index (χ1n) is 7.46. The molecular formula is C15H17BrN4O. The summed E-state index contributed by atoms with van der Waals surface area (Å²) < 4.78 is 6.35. The molecule has 0 radical (unpaired) electrons. The maximum absolute atomic E-state index is 5.43. The Morgan fingerprint density at radius 3 is 2.81 bits per heavy atom. The van der Waals surface area contributed by atoms with E-state index in [0.29, 0.717) is 23.8 Å². The Hall–Kier alpha value is -1.27. The van der Waals surface area contributed by atoms with E-state index in [1.165, 1.54) is 25.7 Å². The number of hydrogen-bond acceptors (Lipinski definition) is 5. The van der Waals surface area contributed by atoms with Crippen LogP contribution in [0, 0.1) is 5.92 Å². The van der Waals surface area contributed by atoms with Crippen molar-refractivity contribution in [2.45, 2.75) is 44.2 Å². The zero-order valence-corrected chi connectivity index (χ0v) is 13.2. The van der Waals surface area contributed by atoms with E-state index >= 15 is 0 Å². The average Bonchev–Trinajstić information content (AvgIpc) is 3.06. The Balaban J connectivity index is 1.47. The number of rotatable bonds is 3. The van der Waals surface area contributed by atoms with Gasteiger partial charge in [0.05, 0.1) is 0 Å². The van der Waals surface area contributed by atoms with Crippen molar-refractivity contribution in [1.82, 2.24) is 20.4 Å². The van der Waals surface area contributed by atoms with Crippen LogP contribution in [-0.4, -0.2) is 27.2 Å². The van der Waals surface area contributed by atoms with E-state index in [4.69, 9.17) is 4.52 Å². The van der Waals surface area contributed by atoms with E-state index in [9.17, 15) is 0 Å². The molecule has 4 rings (SSSR count). The fraction of sp³-hybridized carbons (Fsp3) is 0.533. The summed E-state index contributed by atoms with van der Waals surface area (Å²) in [6.07, 6.45) is 9.49. The highest BCUT2D eigenvalue weighted by Crippen LogP contribution is 2.32. The van der Waals surface area contributed by atoms with E-state index in [-0.39, 0.29) is 0 Å². The van der Waals surface area contributed by atoms with Crippen LogP contribution in [0.5, 0.6) is 0 Å². The quantitative estimate of drug-likeness (QED) is 0.923. The van der Waals surface area contributed by atoms with Gasteiger partial charge in [0.15, 0.2) is 0 Å². The fourth-order valence-electron chi connectivity index (χ4n) is 3.58. The minimum Gasteiger partial charge on any atom is -0.339 e. The smallest absolute Gasteiger partial charge is 0.227 e. The SMILES string of the molecule is Brc1cncc(-c2noc(CC3CC4CCC(C3)N4)n2)c1. The summed E-state index contributed by atoms with van der Waals surface area (Å²) in [6.45, 7) is 0. The molecule has 5 nitrogen and oxygen atoms in total. The highest BCUT2D eigenvalue weighted by atomic mass is 79.9. The Morgan fingerprint density at radius 1 is 1.24 bits per heavy atom. The van der Waals surface area contributed by atoms with Crippen molar-refractivity contribution in [2.75, 3.05) is 0 Å². The van der Waals surface area contributed by atoms with Crippen LogP contribution in [0.2, 0.25) is 0 Å². The molecule has 0 saturated carbocycles. The van der Waals surface area contributed by atoms with Gasteiger partial charge in [-0.25, -0.2) is 0 Å². The Labute approximate surface area is 131 Å². The van der Waals surface area contributed by atoms with Gasteiger partial charge in [-0.15, -0.1) is 0 Å². The van der Waals surface area contributed by atoms with Crippen LogP contribution < -0.4 is 5.32 Å². The van der Waals surface area contributed by atoms with Gasteiger partial charge >= 0.3 is 0 Å². The monoisotopic (exact) mass is 348 g/mol. The van der Waals surface area contributed by atoms with Crippen LogP contribution in [0.3, 0.4) is 0 Å². The number of hydrogen-bond donors (Lipinski definition) is 1. The molecule has 0 aliphatic carbocycles. The summed E-state index contributed by atoms with van der Waals surface area (Å²) in [6, 6.07) is 3.35. The second kappa shape index (κ2) is 5.50. The number of nitrogens with zero attached hydrogens (tertiary/aromatic N) is 3. The number of piperidine rings is 1. The number of halogens is 1. The molecule has 2 aromatic rings. The molecule has 2 atom stereocenters. The van der Waals surface area contributed by atoms with Gasteiger partial charge in [0, 0.05) is 40.9 Å². The summed E-state index contributed by atoms with van der Waals surface area (Å²) in [7, 11) is 0. The minimum atomic E-state index is 0.621. The second-order valence-electron chi connectivity index (χ2n) is 6.08. The van der Waals surface area contributed by atoms with Crippen molar-refractivity contribution in [3.63, 3.8) is 0 Å². The zero-order valence-electron chi connectivity index (χ0n) is 11.6. The maximum atomic E-state index is 5.43. The molecule has 2 saturated heterocycles. The zero-order chi connectivity index (χ0) is 14.2. The van der Waals surface area contributed by atoms with E-state index in [2.05, 4.69) is 36.4 Å². The number of pyridine rings is 1. The molecule has 0 amide bonds. The Kier molecular flexibility index (Phi) is 3.51. The fourth-order valence-corrected chi connectivity index (χ4v) is 3.94. The molecule has 2 aromatic heterocycles.